The number of ether oxygens (including phenoxy) is 2. The van der Waals surface area contributed by atoms with Gasteiger partial charge in [0.25, 0.3) is 0 Å². The Morgan fingerprint density at radius 2 is 1.95 bits per heavy atom. The molecule has 0 bridgehead atoms. The smallest absolute Gasteiger partial charge is 0.0931 e. The van der Waals surface area contributed by atoms with E-state index in [1.807, 2.05) is 12.1 Å². The second-order valence-electron chi connectivity index (χ2n) is 4.44. The Kier molecular flexibility index (Phi) is 7.40. The van der Waals surface area contributed by atoms with Crippen LogP contribution in [0.2, 0.25) is 0 Å². The van der Waals surface area contributed by atoms with Crippen LogP contribution in [-0.2, 0) is 9.47 Å². The Balaban J connectivity index is 2.66. The maximum Gasteiger partial charge on any atom is 0.0931 e. The summed E-state index contributed by atoms with van der Waals surface area (Å²) in [6.45, 7) is 4.83. The first kappa shape index (κ1) is 15.9. The molecule has 0 aliphatic heterocycles. The molecule has 0 aromatic carbocycles. The highest BCUT2D eigenvalue weighted by Gasteiger charge is 2.08. The Labute approximate surface area is 115 Å². The van der Waals surface area contributed by atoms with Crippen LogP contribution in [0, 0.1) is 0 Å². The van der Waals surface area contributed by atoms with Gasteiger partial charge < -0.3 is 19.5 Å². The third-order valence-electron chi connectivity index (χ3n) is 2.91. The summed E-state index contributed by atoms with van der Waals surface area (Å²) in [4.78, 5) is 6.48. The van der Waals surface area contributed by atoms with Gasteiger partial charge in [-0.2, -0.15) is 0 Å². The van der Waals surface area contributed by atoms with Crippen molar-refractivity contribution in [1.29, 1.82) is 0 Å². The van der Waals surface area contributed by atoms with Gasteiger partial charge in [0.15, 0.2) is 0 Å². The molecule has 1 unspecified atom stereocenters. The highest BCUT2D eigenvalue weighted by atomic mass is 16.5. The van der Waals surface area contributed by atoms with Crippen LogP contribution in [0.3, 0.4) is 0 Å². The molecular weight excluding hydrogens is 244 g/mol. The number of aliphatic hydroxyl groups is 1. The van der Waals surface area contributed by atoms with Gasteiger partial charge in [-0.05, 0) is 25.5 Å². The molecule has 0 saturated carbocycles. The van der Waals surface area contributed by atoms with Gasteiger partial charge >= 0.3 is 0 Å². The molecule has 1 aromatic heterocycles. The van der Waals surface area contributed by atoms with Gasteiger partial charge in [-0.1, -0.05) is 0 Å². The number of methoxy groups -OCH3 is 2. The number of aromatic nitrogens is 1. The van der Waals surface area contributed by atoms with Crippen molar-refractivity contribution in [3.05, 3.63) is 24.0 Å². The summed E-state index contributed by atoms with van der Waals surface area (Å²) < 4.78 is 10.2. The fraction of sp³-hybridized carbons (Fsp3) is 0.643. The molecule has 5 heteroatoms. The zero-order valence-electron chi connectivity index (χ0n) is 12.0. The molecule has 0 aliphatic rings. The molecule has 0 fully saturated rings. The SMILES string of the molecule is COCCCN(CCOC)c1ccc(C(C)O)nc1. The highest BCUT2D eigenvalue weighted by molar-refractivity contribution is 5.44. The van der Waals surface area contributed by atoms with Gasteiger partial charge in [-0.25, -0.2) is 0 Å². The van der Waals surface area contributed by atoms with Crippen molar-refractivity contribution in [2.24, 2.45) is 0 Å². The molecule has 0 spiro atoms. The second-order valence-corrected chi connectivity index (χ2v) is 4.44. The van der Waals surface area contributed by atoms with Gasteiger partial charge in [-0.3, -0.25) is 4.98 Å². The minimum absolute atomic E-state index is 0.532. The van der Waals surface area contributed by atoms with Crippen molar-refractivity contribution in [1.82, 2.24) is 4.98 Å². The van der Waals surface area contributed by atoms with Crippen molar-refractivity contribution in [3.8, 4) is 0 Å². The molecule has 1 aromatic rings. The van der Waals surface area contributed by atoms with E-state index in [2.05, 4.69) is 9.88 Å². The van der Waals surface area contributed by atoms with Crippen LogP contribution in [0.5, 0.6) is 0 Å². The molecule has 0 aliphatic carbocycles. The predicted molar refractivity (Wildman–Crippen MR) is 75.5 cm³/mol. The average Bonchev–Trinajstić information content (AvgIpc) is 2.43. The third kappa shape index (κ3) is 5.55. The first-order chi connectivity index (χ1) is 9.19. The average molecular weight is 268 g/mol. The monoisotopic (exact) mass is 268 g/mol. The number of nitrogens with zero attached hydrogens (tertiary/aromatic N) is 2. The molecule has 0 radical (unpaired) electrons. The zero-order chi connectivity index (χ0) is 14.1. The molecule has 1 heterocycles. The van der Waals surface area contributed by atoms with Crippen LogP contribution in [0.1, 0.15) is 25.1 Å². The second kappa shape index (κ2) is 8.85. The number of aliphatic hydroxyl groups excluding tert-OH is 1. The fourth-order valence-electron chi connectivity index (χ4n) is 1.80. The van der Waals surface area contributed by atoms with E-state index in [4.69, 9.17) is 9.47 Å². The van der Waals surface area contributed by atoms with Crippen LogP contribution in [0.25, 0.3) is 0 Å². The minimum atomic E-state index is -0.532. The van der Waals surface area contributed by atoms with Crippen molar-refractivity contribution >= 4 is 5.69 Å². The van der Waals surface area contributed by atoms with E-state index in [9.17, 15) is 5.11 Å². The van der Waals surface area contributed by atoms with Gasteiger partial charge in [-0.15, -0.1) is 0 Å². The van der Waals surface area contributed by atoms with Crippen molar-refractivity contribution < 1.29 is 14.6 Å². The van der Waals surface area contributed by atoms with E-state index in [0.717, 1.165) is 31.8 Å². The fourth-order valence-corrected chi connectivity index (χ4v) is 1.80. The van der Waals surface area contributed by atoms with E-state index in [1.54, 1.807) is 27.3 Å². The van der Waals surface area contributed by atoms with E-state index >= 15 is 0 Å². The number of pyridine rings is 1. The van der Waals surface area contributed by atoms with Gasteiger partial charge in [0, 0.05) is 33.9 Å². The Morgan fingerprint density at radius 3 is 2.47 bits per heavy atom. The minimum Gasteiger partial charge on any atom is -0.387 e. The first-order valence-corrected chi connectivity index (χ1v) is 6.56. The van der Waals surface area contributed by atoms with Crippen LogP contribution in [0.4, 0.5) is 5.69 Å². The number of hydrogen-bond donors (Lipinski definition) is 1. The summed E-state index contributed by atoms with van der Waals surface area (Å²) >= 11 is 0. The number of hydrogen-bond acceptors (Lipinski definition) is 5. The van der Waals surface area contributed by atoms with Crippen molar-refractivity contribution in [3.63, 3.8) is 0 Å². The molecule has 1 rings (SSSR count). The molecule has 108 valence electrons. The molecule has 5 nitrogen and oxygen atoms in total. The summed E-state index contributed by atoms with van der Waals surface area (Å²) in [5.41, 5.74) is 1.73. The predicted octanol–water partition coefficient (Wildman–Crippen LogP) is 1.62. The standard InChI is InChI=1S/C14H24N2O3/c1-12(17)14-6-5-13(11-15-14)16(8-10-19-3)7-4-9-18-2/h5-6,11-12,17H,4,7-10H2,1-3H3. The largest absolute Gasteiger partial charge is 0.387 e. The van der Waals surface area contributed by atoms with E-state index in [-0.39, 0.29) is 0 Å². The summed E-state index contributed by atoms with van der Waals surface area (Å²) in [7, 11) is 3.40. The van der Waals surface area contributed by atoms with E-state index < -0.39 is 6.10 Å². The van der Waals surface area contributed by atoms with E-state index in [0.29, 0.717) is 12.3 Å². The lowest BCUT2D eigenvalue weighted by molar-refractivity contribution is 0.190. The van der Waals surface area contributed by atoms with Gasteiger partial charge in [0.2, 0.25) is 0 Å². The lowest BCUT2D eigenvalue weighted by Gasteiger charge is -2.24. The van der Waals surface area contributed by atoms with Crippen LogP contribution in [0.15, 0.2) is 18.3 Å². The zero-order valence-corrected chi connectivity index (χ0v) is 12.0. The summed E-state index contributed by atoms with van der Waals surface area (Å²) in [5.74, 6) is 0. The quantitative estimate of drug-likeness (QED) is 0.690. The number of anilines is 1. The van der Waals surface area contributed by atoms with E-state index in [1.165, 1.54) is 0 Å². The van der Waals surface area contributed by atoms with Gasteiger partial charge in [0.05, 0.1) is 30.3 Å². The summed E-state index contributed by atoms with van der Waals surface area (Å²) in [6.07, 6.45) is 2.22. The maximum absolute atomic E-state index is 9.46. The Hall–Kier alpha value is -1.17. The number of rotatable bonds is 9. The molecule has 19 heavy (non-hydrogen) atoms. The maximum atomic E-state index is 9.46. The van der Waals surface area contributed by atoms with Crippen LogP contribution >= 0.6 is 0 Å². The van der Waals surface area contributed by atoms with Crippen molar-refractivity contribution in [2.75, 3.05) is 45.4 Å². The molecule has 0 saturated heterocycles. The Morgan fingerprint density at radius 1 is 1.21 bits per heavy atom. The van der Waals surface area contributed by atoms with Crippen LogP contribution < -0.4 is 4.90 Å². The highest BCUT2D eigenvalue weighted by Crippen LogP contribution is 2.16. The summed E-state index contributed by atoms with van der Waals surface area (Å²) in [6, 6.07) is 3.84. The third-order valence-corrected chi connectivity index (χ3v) is 2.91. The first-order valence-electron chi connectivity index (χ1n) is 6.56. The molecule has 0 amide bonds. The van der Waals surface area contributed by atoms with Crippen LogP contribution in [-0.4, -0.2) is 50.6 Å². The molecular formula is C14H24N2O3. The topological polar surface area (TPSA) is 54.8 Å². The van der Waals surface area contributed by atoms with Gasteiger partial charge in [0.1, 0.15) is 0 Å². The van der Waals surface area contributed by atoms with Crippen molar-refractivity contribution in [2.45, 2.75) is 19.4 Å². The molecule has 1 atom stereocenters. The lowest BCUT2D eigenvalue weighted by Crippen LogP contribution is -2.29. The lowest BCUT2D eigenvalue weighted by atomic mass is 10.2. The normalized spacial score (nSPS) is 12.4. The summed E-state index contributed by atoms with van der Waals surface area (Å²) in [5, 5.41) is 9.46. The Bertz CT molecular complexity index is 341. The molecule has 1 N–H and O–H groups in total.